The Labute approximate surface area is 191 Å². The topological polar surface area (TPSA) is 33.1 Å². The molecule has 168 valence electrons. The van der Waals surface area contributed by atoms with Crippen LogP contribution in [0.2, 0.25) is 0 Å². The molecule has 1 aliphatic rings. The van der Waals surface area contributed by atoms with Gasteiger partial charge in [0.2, 0.25) is 0 Å². The Morgan fingerprint density at radius 1 is 1.09 bits per heavy atom. The van der Waals surface area contributed by atoms with E-state index in [-0.39, 0.29) is 12.1 Å². The number of halogens is 3. The molecule has 1 saturated heterocycles. The second-order valence-electron chi connectivity index (χ2n) is 8.03. The van der Waals surface area contributed by atoms with Gasteiger partial charge in [0.15, 0.2) is 5.11 Å². The first kappa shape index (κ1) is 22.3. The quantitative estimate of drug-likeness (QED) is 0.484. The highest BCUT2D eigenvalue weighted by Crippen LogP contribution is 2.41. The number of hydrogen-bond donors (Lipinski definition) is 1. The van der Waals surface area contributed by atoms with Crippen LogP contribution in [0.3, 0.4) is 0 Å². The zero-order valence-electron chi connectivity index (χ0n) is 18.1. The van der Waals surface area contributed by atoms with Crippen molar-refractivity contribution in [1.29, 1.82) is 0 Å². The molecule has 32 heavy (non-hydrogen) atoms. The number of pyridine rings is 1. The van der Waals surface area contributed by atoms with Crippen LogP contribution in [0.15, 0.2) is 54.7 Å². The van der Waals surface area contributed by atoms with Gasteiger partial charge in [-0.15, -0.1) is 0 Å². The third-order valence-electron chi connectivity index (χ3n) is 5.88. The third kappa shape index (κ3) is 3.99. The lowest BCUT2D eigenvalue weighted by Gasteiger charge is -2.27. The summed E-state index contributed by atoms with van der Waals surface area (Å²) < 4.78 is 41.8. The van der Waals surface area contributed by atoms with Crippen LogP contribution >= 0.6 is 12.2 Å². The summed E-state index contributed by atoms with van der Waals surface area (Å²) in [5, 5.41) is 4.08. The van der Waals surface area contributed by atoms with Gasteiger partial charge in [-0.25, -0.2) is 0 Å². The molecule has 2 atom stereocenters. The first-order chi connectivity index (χ1) is 15.2. The Bertz CT molecular complexity index is 1120. The Kier molecular flexibility index (Phi) is 5.99. The van der Waals surface area contributed by atoms with Gasteiger partial charge in [-0.1, -0.05) is 19.1 Å². The van der Waals surface area contributed by atoms with Crippen molar-refractivity contribution >= 4 is 17.3 Å². The van der Waals surface area contributed by atoms with Gasteiger partial charge in [-0.2, -0.15) is 13.2 Å². The van der Waals surface area contributed by atoms with E-state index < -0.39 is 11.7 Å². The number of rotatable bonds is 5. The largest absolute Gasteiger partial charge is 0.416 e. The van der Waals surface area contributed by atoms with Gasteiger partial charge in [0.1, 0.15) is 0 Å². The van der Waals surface area contributed by atoms with Gasteiger partial charge in [-0.05, 0) is 74.4 Å². The molecular formula is C24H25F3N4S. The van der Waals surface area contributed by atoms with Crippen LogP contribution in [0.1, 0.15) is 53.6 Å². The molecule has 1 aliphatic heterocycles. The fourth-order valence-electron chi connectivity index (χ4n) is 4.53. The molecule has 0 bridgehead atoms. The number of benzene rings is 1. The maximum Gasteiger partial charge on any atom is 0.416 e. The highest BCUT2D eigenvalue weighted by molar-refractivity contribution is 7.80. The number of alkyl halides is 3. The van der Waals surface area contributed by atoms with Crippen molar-refractivity contribution in [3.8, 4) is 5.69 Å². The molecule has 3 aromatic rings. The van der Waals surface area contributed by atoms with Crippen LogP contribution in [-0.2, 0) is 6.18 Å². The van der Waals surface area contributed by atoms with Crippen LogP contribution in [0, 0.1) is 13.8 Å². The summed E-state index contributed by atoms with van der Waals surface area (Å²) in [5.41, 5.74) is 3.49. The number of nitrogens with zero attached hydrogens (tertiary/aromatic N) is 3. The van der Waals surface area contributed by atoms with Gasteiger partial charge in [0, 0.05) is 29.8 Å². The molecule has 0 radical (unpaired) electrons. The molecular weight excluding hydrogens is 433 g/mol. The summed E-state index contributed by atoms with van der Waals surface area (Å²) in [7, 11) is 0. The summed E-state index contributed by atoms with van der Waals surface area (Å²) in [5.74, 6) is 0. The van der Waals surface area contributed by atoms with E-state index in [4.69, 9.17) is 12.2 Å². The first-order valence-corrected chi connectivity index (χ1v) is 11.0. The molecule has 1 aromatic carbocycles. The van der Waals surface area contributed by atoms with E-state index in [9.17, 15) is 13.2 Å². The van der Waals surface area contributed by atoms with Crippen LogP contribution in [0.4, 0.5) is 13.2 Å². The second-order valence-corrected chi connectivity index (χ2v) is 8.42. The Balaban J connectivity index is 1.83. The standard InChI is InChI=1S/C24H25F3N4S/c1-4-12-30-22(21(29-23(30)32)20-10-5-6-11-28-20)19-13-15(2)31(16(19)3)18-9-7-8-17(14-18)24(25,26)27/h5-11,13-14,21-22H,4,12H2,1-3H3,(H,29,32)/t21-,22+/m1/s1. The Morgan fingerprint density at radius 3 is 2.53 bits per heavy atom. The minimum atomic E-state index is -4.39. The molecule has 0 spiro atoms. The molecule has 0 unspecified atom stereocenters. The minimum Gasteiger partial charge on any atom is -0.352 e. The second kappa shape index (κ2) is 8.58. The van der Waals surface area contributed by atoms with Crippen molar-refractivity contribution in [2.24, 2.45) is 0 Å². The fraction of sp³-hybridized carbons (Fsp3) is 0.333. The number of aryl methyl sites for hydroxylation is 1. The van der Waals surface area contributed by atoms with E-state index in [1.807, 2.05) is 36.6 Å². The molecule has 1 fully saturated rings. The third-order valence-corrected chi connectivity index (χ3v) is 6.24. The van der Waals surface area contributed by atoms with Gasteiger partial charge < -0.3 is 14.8 Å². The molecule has 3 heterocycles. The van der Waals surface area contributed by atoms with E-state index in [1.54, 1.807) is 12.3 Å². The monoisotopic (exact) mass is 458 g/mol. The molecule has 2 aromatic heterocycles. The number of aromatic nitrogens is 2. The average molecular weight is 459 g/mol. The van der Waals surface area contributed by atoms with Crippen LogP contribution < -0.4 is 5.32 Å². The molecule has 0 aliphatic carbocycles. The van der Waals surface area contributed by atoms with Crippen molar-refractivity contribution in [3.05, 3.63) is 82.9 Å². The van der Waals surface area contributed by atoms with Gasteiger partial charge in [0.25, 0.3) is 0 Å². The summed E-state index contributed by atoms with van der Waals surface area (Å²) in [6, 6.07) is 13.0. The maximum absolute atomic E-state index is 13.3. The lowest BCUT2D eigenvalue weighted by molar-refractivity contribution is -0.137. The molecule has 8 heteroatoms. The Hall–Kier alpha value is -2.87. The van der Waals surface area contributed by atoms with E-state index in [1.165, 1.54) is 12.1 Å². The van der Waals surface area contributed by atoms with Gasteiger partial charge >= 0.3 is 6.18 Å². The summed E-state index contributed by atoms with van der Waals surface area (Å²) in [6.07, 6.45) is -1.72. The number of hydrogen-bond acceptors (Lipinski definition) is 2. The fourth-order valence-corrected chi connectivity index (χ4v) is 4.86. The van der Waals surface area contributed by atoms with E-state index in [2.05, 4.69) is 28.2 Å². The summed E-state index contributed by atoms with van der Waals surface area (Å²) >= 11 is 5.65. The smallest absolute Gasteiger partial charge is 0.352 e. The highest BCUT2D eigenvalue weighted by atomic mass is 32.1. The summed E-state index contributed by atoms with van der Waals surface area (Å²) in [6.45, 7) is 6.73. The van der Waals surface area contributed by atoms with Crippen LogP contribution in [-0.4, -0.2) is 26.1 Å². The highest BCUT2D eigenvalue weighted by Gasteiger charge is 2.41. The predicted molar refractivity (Wildman–Crippen MR) is 123 cm³/mol. The van der Waals surface area contributed by atoms with Gasteiger partial charge in [0.05, 0.1) is 23.3 Å². The van der Waals surface area contributed by atoms with Crippen molar-refractivity contribution in [2.45, 2.75) is 45.5 Å². The maximum atomic E-state index is 13.3. The van der Waals surface area contributed by atoms with Crippen LogP contribution in [0.5, 0.6) is 0 Å². The van der Waals surface area contributed by atoms with Crippen molar-refractivity contribution < 1.29 is 13.2 Å². The predicted octanol–water partition coefficient (Wildman–Crippen LogP) is 5.89. The SMILES string of the molecule is CCCN1C(=S)N[C@H](c2ccccn2)[C@@H]1c1cc(C)n(-c2cccc(C(F)(F)F)c2)c1C. The zero-order chi connectivity index (χ0) is 23.0. The van der Waals surface area contributed by atoms with Crippen molar-refractivity contribution in [1.82, 2.24) is 19.8 Å². The normalized spacial score (nSPS) is 18.8. The van der Waals surface area contributed by atoms with Crippen molar-refractivity contribution in [3.63, 3.8) is 0 Å². The van der Waals surface area contributed by atoms with E-state index >= 15 is 0 Å². The van der Waals surface area contributed by atoms with E-state index in [0.29, 0.717) is 10.8 Å². The molecule has 4 nitrogen and oxygen atoms in total. The van der Waals surface area contributed by atoms with Gasteiger partial charge in [-0.3, -0.25) is 4.98 Å². The van der Waals surface area contributed by atoms with Crippen LogP contribution in [0.25, 0.3) is 5.69 Å². The number of nitrogens with one attached hydrogen (secondary N) is 1. The first-order valence-electron chi connectivity index (χ1n) is 10.6. The minimum absolute atomic E-state index is 0.108. The van der Waals surface area contributed by atoms with E-state index in [0.717, 1.165) is 41.7 Å². The molecule has 0 saturated carbocycles. The molecule has 1 N–H and O–H groups in total. The summed E-state index contributed by atoms with van der Waals surface area (Å²) in [4.78, 5) is 6.70. The molecule has 0 amide bonds. The zero-order valence-corrected chi connectivity index (χ0v) is 19.0. The lowest BCUT2D eigenvalue weighted by atomic mass is 9.96. The lowest BCUT2D eigenvalue weighted by Crippen LogP contribution is -2.30. The average Bonchev–Trinajstić information content (AvgIpc) is 3.24. The Morgan fingerprint density at radius 2 is 1.88 bits per heavy atom. The number of thiocarbonyl (C=S) groups is 1. The van der Waals surface area contributed by atoms with Crippen molar-refractivity contribution in [2.75, 3.05) is 6.54 Å². The molecule has 4 rings (SSSR count).